The van der Waals surface area contributed by atoms with E-state index < -0.39 is 17.7 Å². The predicted molar refractivity (Wildman–Crippen MR) is 74.6 cm³/mol. The Labute approximate surface area is 121 Å². The summed E-state index contributed by atoms with van der Waals surface area (Å²) in [7, 11) is 1.56. The van der Waals surface area contributed by atoms with Crippen LogP contribution in [0.2, 0.25) is 0 Å². The summed E-state index contributed by atoms with van der Waals surface area (Å²) in [6.07, 6.45) is 0. The van der Waals surface area contributed by atoms with Crippen LogP contribution in [-0.2, 0) is 14.4 Å². The van der Waals surface area contributed by atoms with E-state index in [4.69, 9.17) is 0 Å². The first-order valence-corrected chi connectivity index (χ1v) is 6.35. The van der Waals surface area contributed by atoms with E-state index in [0.29, 0.717) is 5.69 Å². The number of piperazine rings is 1. The molecule has 0 saturated carbocycles. The summed E-state index contributed by atoms with van der Waals surface area (Å²) < 4.78 is 0. The van der Waals surface area contributed by atoms with Crippen LogP contribution in [0.4, 0.5) is 5.69 Å². The molecule has 0 atom stereocenters. The van der Waals surface area contributed by atoms with Crippen molar-refractivity contribution in [3.05, 3.63) is 29.8 Å². The van der Waals surface area contributed by atoms with Gasteiger partial charge in [0.25, 0.3) is 5.91 Å². The second-order valence-electron chi connectivity index (χ2n) is 4.73. The molecule has 0 radical (unpaired) electrons. The van der Waals surface area contributed by atoms with Crippen molar-refractivity contribution in [3.8, 4) is 0 Å². The molecule has 0 aliphatic carbocycles. The van der Waals surface area contributed by atoms with Crippen molar-refractivity contribution in [2.75, 3.05) is 25.0 Å². The highest BCUT2D eigenvalue weighted by Crippen LogP contribution is 2.21. The molecule has 1 saturated heterocycles. The van der Waals surface area contributed by atoms with Crippen LogP contribution >= 0.6 is 0 Å². The largest absolute Gasteiger partial charge is 0.320 e. The van der Waals surface area contributed by atoms with Gasteiger partial charge in [-0.1, -0.05) is 12.1 Å². The van der Waals surface area contributed by atoms with Gasteiger partial charge in [0.2, 0.25) is 17.7 Å². The van der Waals surface area contributed by atoms with Crippen molar-refractivity contribution in [1.82, 2.24) is 10.2 Å². The number of rotatable bonds is 2. The van der Waals surface area contributed by atoms with E-state index in [2.05, 4.69) is 5.32 Å². The molecule has 1 N–H and O–H groups in total. The summed E-state index contributed by atoms with van der Waals surface area (Å²) in [5.74, 6) is -1.71. The Morgan fingerprint density at radius 2 is 1.71 bits per heavy atom. The number of benzene rings is 1. The number of imide groups is 1. The Hall–Kier alpha value is -2.70. The second kappa shape index (κ2) is 5.74. The first-order valence-electron chi connectivity index (χ1n) is 6.35. The number of amides is 4. The highest BCUT2D eigenvalue weighted by molar-refractivity contribution is 6.09. The third-order valence-electron chi connectivity index (χ3n) is 3.20. The molecule has 1 fully saturated rings. The highest BCUT2D eigenvalue weighted by atomic mass is 16.2. The van der Waals surface area contributed by atoms with Crippen molar-refractivity contribution in [1.29, 1.82) is 0 Å². The lowest BCUT2D eigenvalue weighted by molar-refractivity contribution is -0.135. The van der Waals surface area contributed by atoms with Crippen LogP contribution in [0.3, 0.4) is 0 Å². The summed E-state index contributed by atoms with van der Waals surface area (Å²) in [6.45, 7) is 1.03. The molecule has 1 heterocycles. The quantitative estimate of drug-likeness (QED) is 0.762. The van der Waals surface area contributed by atoms with Crippen molar-refractivity contribution in [2.45, 2.75) is 6.92 Å². The minimum absolute atomic E-state index is 0.178. The molecule has 1 aliphatic rings. The molecular formula is C14H15N3O4. The maximum Gasteiger partial charge on any atom is 0.256 e. The fourth-order valence-electron chi connectivity index (χ4n) is 2.07. The lowest BCUT2D eigenvalue weighted by Crippen LogP contribution is -2.53. The molecule has 7 heteroatoms. The van der Waals surface area contributed by atoms with E-state index in [1.807, 2.05) is 0 Å². The van der Waals surface area contributed by atoms with Gasteiger partial charge in [0, 0.05) is 14.0 Å². The zero-order valence-electron chi connectivity index (χ0n) is 11.8. The van der Waals surface area contributed by atoms with E-state index in [1.165, 1.54) is 11.8 Å². The van der Waals surface area contributed by atoms with Crippen LogP contribution in [0, 0.1) is 0 Å². The fraction of sp³-hybridized carbons (Fsp3) is 0.286. The molecule has 7 nitrogen and oxygen atoms in total. The zero-order valence-corrected chi connectivity index (χ0v) is 11.8. The second-order valence-corrected chi connectivity index (χ2v) is 4.73. The SMILES string of the molecule is CC(=O)N(C)c1ccccc1C(=O)N1CC(=O)NC(=O)C1. The van der Waals surface area contributed by atoms with Gasteiger partial charge in [-0.3, -0.25) is 24.5 Å². The number of carbonyl (C=O) groups is 4. The highest BCUT2D eigenvalue weighted by Gasteiger charge is 2.29. The van der Waals surface area contributed by atoms with Gasteiger partial charge in [-0.25, -0.2) is 0 Å². The number of para-hydroxylation sites is 1. The summed E-state index contributed by atoms with van der Waals surface area (Å²) in [4.78, 5) is 49.2. The first kappa shape index (κ1) is 14.7. The molecule has 21 heavy (non-hydrogen) atoms. The van der Waals surface area contributed by atoms with Crippen molar-refractivity contribution < 1.29 is 19.2 Å². The van der Waals surface area contributed by atoms with E-state index in [9.17, 15) is 19.2 Å². The van der Waals surface area contributed by atoms with Gasteiger partial charge in [0.1, 0.15) is 13.1 Å². The number of hydrogen-bond donors (Lipinski definition) is 1. The van der Waals surface area contributed by atoms with E-state index in [-0.39, 0.29) is 24.6 Å². The summed E-state index contributed by atoms with van der Waals surface area (Å²) >= 11 is 0. The van der Waals surface area contributed by atoms with Gasteiger partial charge in [-0.2, -0.15) is 0 Å². The lowest BCUT2D eigenvalue weighted by Gasteiger charge is -2.27. The van der Waals surface area contributed by atoms with Gasteiger partial charge in [0.05, 0.1) is 11.3 Å². The molecule has 0 aromatic heterocycles. The van der Waals surface area contributed by atoms with Gasteiger partial charge in [-0.05, 0) is 12.1 Å². The Morgan fingerprint density at radius 3 is 2.29 bits per heavy atom. The summed E-state index contributed by atoms with van der Waals surface area (Å²) in [5, 5.41) is 2.13. The van der Waals surface area contributed by atoms with Crippen molar-refractivity contribution in [3.63, 3.8) is 0 Å². The van der Waals surface area contributed by atoms with Crippen LogP contribution < -0.4 is 10.2 Å². The molecular weight excluding hydrogens is 274 g/mol. The molecule has 0 spiro atoms. The molecule has 2 rings (SSSR count). The smallest absolute Gasteiger partial charge is 0.256 e. The standard InChI is InChI=1S/C14H15N3O4/c1-9(18)16(2)11-6-4-3-5-10(11)14(21)17-7-12(19)15-13(20)8-17/h3-6H,7-8H2,1-2H3,(H,15,19,20). The summed E-state index contributed by atoms with van der Waals surface area (Å²) in [5.41, 5.74) is 0.714. The average Bonchev–Trinajstić information content (AvgIpc) is 2.44. The number of carbonyl (C=O) groups excluding carboxylic acids is 4. The first-order chi connectivity index (χ1) is 9.90. The van der Waals surface area contributed by atoms with Crippen LogP contribution in [0.1, 0.15) is 17.3 Å². The van der Waals surface area contributed by atoms with E-state index in [0.717, 1.165) is 4.90 Å². The molecule has 0 unspecified atom stereocenters. The van der Waals surface area contributed by atoms with E-state index in [1.54, 1.807) is 31.3 Å². The third kappa shape index (κ3) is 3.07. The van der Waals surface area contributed by atoms with Gasteiger partial charge < -0.3 is 9.80 Å². The molecule has 110 valence electrons. The van der Waals surface area contributed by atoms with Crippen LogP contribution in [0.15, 0.2) is 24.3 Å². The normalized spacial score (nSPS) is 14.7. The zero-order chi connectivity index (χ0) is 15.6. The topological polar surface area (TPSA) is 86.8 Å². The molecule has 1 aromatic rings. The van der Waals surface area contributed by atoms with Gasteiger partial charge in [-0.15, -0.1) is 0 Å². The molecule has 1 aliphatic heterocycles. The van der Waals surface area contributed by atoms with Crippen molar-refractivity contribution >= 4 is 29.3 Å². The Balaban J connectivity index is 2.33. The van der Waals surface area contributed by atoms with Crippen molar-refractivity contribution in [2.24, 2.45) is 0 Å². The number of hydrogen-bond acceptors (Lipinski definition) is 4. The third-order valence-corrected chi connectivity index (χ3v) is 3.20. The number of nitrogens with one attached hydrogen (secondary N) is 1. The molecule has 4 amide bonds. The Morgan fingerprint density at radius 1 is 1.14 bits per heavy atom. The van der Waals surface area contributed by atoms with Gasteiger partial charge >= 0.3 is 0 Å². The minimum atomic E-state index is -0.517. The maximum atomic E-state index is 12.5. The maximum absolute atomic E-state index is 12.5. The van der Waals surface area contributed by atoms with Gasteiger partial charge in [0.15, 0.2) is 0 Å². The molecule has 0 bridgehead atoms. The number of anilines is 1. The van der Waals surface area contributed by atoms with Crippen LogP contribution in [0.25, 0.3) is 0 Å². The predicted octanol–water partition coefficient (Wildman–Crippen LogP) is -0.232. The number of nitrogens with zero attached hydrogens (tertiary/aromatic N) is 2. The fourth-order valence-corrected chi connectivity index (χ4v) is 2.07. The van der Waals surface area contributed by atoms with E-state index >= 15 is 0 Å². The average molecular weight is 289 g/mol. The van der Waals surface area contributed by atoms with Crippen LogP contribution in [0.5, 0.6) is 0 Å². The molecule has 1 aromatic carbocycles. The monoisotopic (exact) mass is 289 g/mol. The van der Waals surface area contributed by atoms with Crippen LogP contribution in [-0.4, -0.2) is 48.7 Å². The Bertz CT molecular complexity index is 610. The summed E-state index contributed by atoms with van der Waals surface area (Å²) in [6, 6.07) is 6.57. The lowest BCUT2D eigenvalue weighted by atomic mass is 10.1. The Kier molecular flexibility index (Phi) is 4.02. The minimum Gasteiger partial charge on any atom is -0.320 e.